The molecular formula is C24H26F3N7O2. The fraction of sp³-hybridized carbons (Fsp3) is 0.292. The van der Waals surface area contributed by atoms with Gasteiger partial charge in [-0.25, -0.2) is 14.8 Å². The molecule has 3 aromatic rings. The lowest BCUT2D eigenvalue weighted by molar-refractivity contribution is -0.138. The number of ether oxygens (including phenoxy) is 1. The molecule has 4 rings (SSSR count). The van der Waals surface area contributed by atoms with E-state index in [1.807, 2.05) is 4.90 Å². The standard InChI is InChI=1S/C24H26F3N7O2/c1-28-21-13-22(31-15-30-21)36-19-6-4-17(5-7-19)32-23(35)33-18-3-2-16(20(12-18)24(25,26)27)14-34-10-8-29-9-11-34/h2-7,12-13,15,29H,8-11,14H2,1H3,(H,28,30,31)(H2,32,33,35). The van der Waals surface area contributed by atoms with Gasteiger partial charge in [0.15, 0.2) is 0 Å². The number of anilines is 3. The highest BCUT2D eigenvalue weighted by Crippen LogP contribution is 2.34. The minimum Gasteiger partial charge on any atom is -0.439 e. The van der Waals surface area contributed by atoms with Gasteiger partial charge < -0.3 is 26.0 Å². The van der Waals surface area contributed by atoms with Crippen molar-refractivity contribution in [3.05, 3.63) is 66.0 Å². The highest BCUT2D eigenvalue weighted by Gasteiger charge is 2.34. The summed E-state index contributed by atoms with van der Waals surface area (Å²) in [5.41, 5.74) is -0.0966. The van der Waals surface area contributed by atoms with E-state index in [2.05, 4.69) is 31.2 Å². The molecule has 1 saturated heterocycles. The number of rotatable bonds is 7. The molecule has 12 heteroatoms. The van der Waals surface area contributed by atoms with Gasteiger partial charge in [0.2, 0.25) is 5.88 Å². The number of hydrogen-bond donors (Lipinski definition) is 4. The number of halogens is 3. The largest absolute Gasteiger partial charge is 0.439 e. The van der Waals surface area contributed by atoms with E-state index in [0.717, 1.165) is 19.2 Å². The summed E-state index contributed by atoms with van der Waals surface area (Å²) in [5, 5.41) is 11.1. The van der Waals surface area contributed by atoms with Gasteiger partial charge in [0.1, 0.15) is 17.9 Å². The van der Waals surface area contributed by atoms with Gasteiger partial charge in [0.05, 0.1) is 5.56 Å². The fourth-order valence-corrected chi connectivity index (χ4v) is 3.72. The SMILES string of the molecule is CNc1cc(Oc2ccc(NC(=O)Nc3ccc(CN4CCNCC4)c(C(F)(F)F)c3)cc2)ncn1. The Balaban J connectivity index is 1.38. The van der Waals surface area contributed by atoms with E-state index in [4.69, 9.17) is 4.74 Å². The zero-order valence-electron chi connectivity index (χ0n) is 19.5. The van der Waals surface area contributed by atoms with Crippen molar-refractivity contribution in [3.8, 4) is 11.6 Å². The number of amides is 2. The van der Waals surface area contributed by atoms with Gasteiger partial charge in [-0.1, -0.05) is 6.07 Å². The molecule has 1 aromatic heterocycles. The van der Waals surface area contributed by atoms with Gasteiger partial charge in [-0.15, -0.1) is 0 Å². The number of hydrogen-bond acceptors (Lipinski definition) is 7. The molecule has 0 radical (unpaired) electrons. The van der Waals surface area contributed by atoms with E-state index in [-0.39, 0.29) is 17.8 Å². The second kappa shape index (κ2) is 11.2. The number of carbonyl (C=O) groups excluding carboxylic acids is 1. The first kappa shape index (κ1) is 25.2. The van der Waals surface area contributed by atoms with E-state index >= 15 is 0 Å². The maximum absolute atomic E-state index is 13.7. The zero-order valence-corrected chi connectivity index (χ0v) is 19.5. The summed E-state index contributed by atoms with van der Waals surface area (Å²) in [6.45, 7) is 3.04. The molecule has 9 nitrogen and oxygen atoms in total. The lowest BCUT2D eigenvalue weighted by Gasteiger charge is -2.28. The van der Waals surface area contributed by atoms with Crippen molar-refractivity contribution in [1.82, 2.24) is 20.2 Å². The van der Waals surface area contributed by atoms with E-state index in [9.17, 15) is 18.0 Å². The molecule has 0 saturated carbocycles. The molecule has 2 heterocycles. The van der Waals surface area contributed by atoms with Gasteiger partial charge in [0, 0.05) is 57.2 Å². The summed E-state index contributed by atoms with van der Waals surface area (Å²) in [7, 11) is 1.73. The van der Waals surface area contributed by atoms with Crippen molar-refractivity contribution >= 4 is 23.2 Å². The zero-order chi connectivity index (χ0) is 25.5. The number of alkyl halides is 3. The Morgan fingerprint density at radius 1 is 1.03 bits per heavy atom. The van der Waals surface area contributed by atoms with Gasteiger partial charge in [-0.05, 0) is 42.0 Å². The monoisotopic (exact) mass is 501 g/mol. The molecule has 190 valence electrons. The second-order valence-electron chi connectivity index (χ2n) is 8.09. The van der Waals surface area contributed by atoms with Gasteiger partial charge >= 0.3 is 12.2 Å². The Morgan fingerprint density at radius 3 is 2.42 bits per heavy atom. The van der Waals surface area contributed by atoms with Crippen LogP contribution in [0.2, 0.25) is 0 Å². The Morgan fingerprint density at radius 2 is 1.72 bits per heavy atom. The summed E-state index contributed by atoms with van der Waals surface area (Å²) in [5.74, 6) is 1.42. The molecule has 0 spiro atoms. The fourth-order valence-electron chi connectivity index (χ4n) is 3.72. The van der Waals surface area contributed by atoms with Crippen LogP contribution in [0.3, 0.4) is 0 Å². The molecule has 0 unspecified atom stereocenters. The number of aromatic nitrogens is 2. The van der Waals surface area contributed by atoms with Crippen LogP contribution in [0.1, 0.15) is 11.1 Å². The van der Waals surface area contributed by atoms with Crippen LogP contribution in [0.15, 0.2) is 54.9 Å². The predicted molar refractivity (Wildman–Crippen MR) is 130 cm³/mol. The minimum atomic E-state index is -4.54. The molecule has 0 atom stereocenters. The van der Waals surface area contributed by atoms with Crippen molar-refractivity contribution in [2.75, 3.05) is 49.2 Å². The molecule has 1 aliphatic heterocycles. The third-order valence-corrected chi connectivity index (χ3v) is 5.51. The number of benzene rings is 2. The topological polar surface area (TPSA) is 103 Å². The first-order chi connectivity index (χ1) is 17.3. The molecule has 0 aliphatic carbocycles. The van der Waals surface area contributed by atoms with Crippen LogP contribution in [0, 0.1) is 0 Å². The molecule has 1 fully saturated rings. The van der Waals surface area contributed by atoms with E-state index < -0.39 is 17.8 Å². The molecular weight excluding hydrogens is 475 g/mol. The maximum Gasteiger partial charge on any atom is 0.416 e. The molecule has 2 amide bonds. The first-order valence-electron chi connectivity index (χ1n) is 11.3. The quantitative estimate of drug-likeness (QED) is 0.381. The molecule has 1 aliphatic rings. The Hall–Kier alpha value is -3.90. The molecule has 2 aromatic carbocycles. The van der Waals surface area contributed by atoms with Gasteiger partial charge in [-0.3, -0.25) is 4.90 Å². The lowest BCUT2D eigenvalue weighted by Crippen LogP contribution is -2.43. The molecule has 0 bridgehead atoms. The average molecular weight is 502 g/mol. The minimum absolute atomic E-state index is 0.0490. The Kier molecular flexibility index (Phi) is 7.86. The normalized spacial score (nSPS) is 14.2. The number of nitrogens with one attached hydrogen (secondary N) is 4. The Bertz CT molecular complexity index is 1180. The highest BCUT2D eigenvalue weighted by molar-refractivity contribution is 5.99. The van der Waals surface area contributed by atoms with Crippen molar-refractivity contribution in [2.24, 2.45) is 0 Å². The predicted octanol–water partition coefficient (Wildman–Crippen LogP) is 4.38. The summed E-state index contributed by atoms with van der Waals surface area (Å²) in [6.07, 6.45) is -3.17. The number of urea groups is 1. The van der Waals surface area contributed by atoms with Crippen molar-refractivity contribution in [2.45, 2.75) is 12.7 Å². The van der Waals surface area contributed by atoms with Crippen LogP contribution in [-0.4, -0.2) is 54.1 Å². The molecule has 4 N–H and O–H groups in total. The maximum atomic E-state index is 13.7. The van der Waals surface area contributed by atoms with E-state index in [1.54, 1.807) is 37.4 Å². The number of piperazine rings is 1. The summed E-state index contributed by atoms with van der Waals surface area (Å²) in [6, 6.07) is 11.3. The second-order valence-corrected chi connectivity index (χ2v) is 8.09. The van der Waals surface area contributed by atoms with Crippen molar-refractivity contribution < 1.29 is 22.7 Å². The van der Waals surface area contributed by atoms with Crippen LogP contribution < -0.4 is 26.0 Å². The highest BCUT2D eigenvalue weighted by atomic mass is 19.4. The van der Waals surface area contributed by atoms with Gasteiger partial charge in [0.25, 0.3) is 0 Å². The number of carbonyl (C=O) groups is 1. The average Bonchev–Trinajstić information content (AvgIpc) is 2.86. The Labute approximate surface area is 206 Å². The van der Waals surface area contributed by atoms with Crippen LogP contribution in [0.4, 0.5) is 35.2 Å². The van der Waals surface area contributed by atoms with E-state index in [1.165, 1.54) is 18.5 Å². The number of nitrogens with zero attached hydrogens (tertiary/aromatic N) is 3. The summed E-state index contributed by atoms with van der Waals surface area (Å²) in [4.78, 5) is 22.4. The third kappa shape index (κ3) is 6.83. The smallest absolute Gasteiger partial charge is 0.416 e. The van der Waals surface area contributed by atoms with Crippen LogP contribution in [0.5, 0.6) is 11.6 Å². The van der Waals surface area contributed by atoms with Crippen molar-refractivity contribution in [3.63, 3.8) is 0 Å². The molecule has 36 heavy (non-hydrogen) atoms. The van der Waals surface area contributed by atoms with Crippen molar-refractivity contribution in [1.29, 1.82) is 0 Å². The van der Waals surface area contributed by atoms with Crippen LogP contribution in [0.25, 0.3) is 0 Å². The lowest BCUT2D eigenvalue weighted by atomic mass is 10.0. The summed E-state index contributed by atoms with van der Waals surface area (Å²) < 4.78 is 46.8. The first-order valence-corrected chi connectivity index (χ1v) is 11.3. The summed E-state index contributed by atoms with van der Waals surface area (Å²) >= 11 is 0. The van der Waals surface area contributed by atoms with E-state index in [0.29, 0.717) is 36.2 Å². The van der Waals surface area contributed by atoms with Crippen LogP contribution >= 0.6 is 0 Å². The third-order valence-electron chi connectivity index (χ3n) is 5.51. The van der Waals surface area contributed by atoms with Gasteiger partial charge in [-0.2, -0.15) is 13.2 Å². The van der Waals surface area contributed by atoms with Crippen LogP contribution in [-0.2, 0) is 12.7 Å².